The van der Waals surface area contributed by atoms with Gasteiger partial charge in [0.15, 0.2) is 5.65 Å². The number of nitrogens with zero attached hydrogens (tertiary/aromatic N) is 4. The van der Waals surface area contributed by atoms with Crippen LogP contribution >= 0.6 is 11.8 Å². The van der Waals surface area contributed by atoms with Gasteiger partial charge in [0.25, 0.3) is 0 Å². The second kappa shape index (κ2) is 4.65. The Balaban J connectivity index is 1.92. The quantitative estimate of drug-likeness (QED) is 0.374. The van der Waals surface area contributed by atoms with Gasteiger partial charge in [0.05, 0.1) is 6.33 Å². The van der Waals surface area contributed by atoms with Crippen molar-refractivity contribution in [3.05, 3.63) is 36.7 Å². The fourth-order valence-electron chi connectivity index (χ4n) is 1.53. The molecule has 0 aliphatic rings. The highest BCUT2D eigenvalue weighted by Crippen LogP contribution is 2.28. The molecule has 3 rings (SSSR count). The second-order valence-electron chi connectivity index (χ2n) is 3.67. The van der Waals surface area contributed by atoms with Crippen molar-refractivity contribution >= 4 is 28.8 Å². The van der Waals surface area contributed by atoms with Crippen molar-refractivity contribution in [3.63, 3.8) is 0 Å². The molecule has 0 unspecified atom stereocenters. The molecular weight excluding hydrogens is 262 g/mol. The van der Waals surface area contributed by atoms with Gasteiger partial charge in [0.1, 0.15) is 28.4 Å². The molecule has 0 atom stereocenters. The smallest absolute Gasteiger partial charge is 0.181 e. The molecule has 3 aromatic rings. The van der Waals surface area contributed by atoms with E-state index in [1.54, 1.807) is 18.6 Å². The van der Waals surface area contributed by atoms with E-state index in [9.17, 15) is 0 Å². The molecule has 0 aliphatic heterocycles. The van der Waals surface area contributed by atoms with Gasteiger partial charge in [-0.05, 0) is 12.1 Å². The van der Waals surface area contributed by atoms with Crippen LogP contribution in [0.1, 0.15) is 5.69 Å². The van der Waals surface area contributed by atoms with Crippen LogP contribution in [0.2, 0.25) is 0 Å². The van der Waals surface area contributed by atoms with Crippen molar-refractivity contribution < 1.29 is 0 Å². The third-order valence-electron chi connectivity index (χ3n) is 2.42. The Morgan fingerprint density at radius 3 is 2.84 bits per heavy atom. The summed E-state index contributed by atoms with van der Waals surface area (Å²) in [5.41, 5.74) is 7.24. The van der Waals surface area contributed by atoms with E-state index < -0.39 is 0 Å². The summed E-state index contributed by atoms with van der Waals surface area (Å²) in [5.74, 6) is -0.0467. The van der Waals surface area contributed by atoms with Crippen LogP contribution in [0.15, 0.2) is 40.9 Å². The van der Waals surface area contributed by atoms with E-state index >= 15 is 0 Å². The van der Waals surface area contributed by atoms with E-state index in [0.717, 1.165) is 15.4 Å². The standard InChI is InChI=1S/C11H9N7S/c12-9(13)7-2-1-6(3-14-7)19-11-8-10(16-4-15-8)17-5-18-11/h1-5H,(H3,12,13)(H,15,16,17,18). The lowest BCUT2D eigenvalue weighted by atomic mass is 10.3. The lowest BCUT2D eigenvalue weighted by Gasteiger charge is -2.02. The van der Waals surface area contributed by atoms with E-state index in [1.165, 1.54) is 18.1 Å². The van der Waals surface area contributed by atoms with Gasteiger partial charge in [0, 0.05) is 11.1 Å². The predicted octanol–water partition coefficient (Wildman–Crippen LogP) is 1.18. The Kier molecular flexibility index (Phi) is 2.84. The number of imidazole rings is 1. The summed E-state index contributed by atoms with van der Waals surface area (Å²) in [4.78, 5) is 20.4. The number of rotatable bonds is 3. The second-order valence-corrected chi connectivity index (χ2v) is 4.74. The molecule has 0 saturated heterocycles. The minimum absolute atomic E-state index is 0.0467. The summed E-state index contributed by atoms with van der Waals surface area (Å²) in [6, 6.07) is 3.55. The van der Waals surface area contributed by atoms with Gasteiger partial charge in [-0.2, -0.15) is 0 Å². The third-order valence-corrected chi connectivity index (χ3v) is 3.40. The molecule has 0 aliphatic carbocycles. The molecule has 0 fully saturated rings. The highest BCUT2D eigenvalue weighted by Gasteiger charge is 2.08. The molecule has 19 heavy (non-hydrogen) atoms. The largest absolute Gasteiger partial charge is 0.382 e. The van der Waals surface area contributed by atoms with Crippen molar-refractivity contribution in [2.45, 2.75) is 9.92 Å². The Morgan fingerprint density at radius 1 is 1.21 bits per heavy atom. The number of amidine groups is 1. The van der Waals surface area contributed by atoms with Crippen molar-refractivity contribution in [1.82, 2.24) is 24.9 Å². The number of nitrogens with two attached hydrogens (primary N) is 1. The normalized spacial score (nSPS) is 10.7. The molecule has 7 nitrogen and oxygen atoms in total. The summed E-state index contributed by atoms with van der Waals surface area (Å²) in [7, 11) is 0. The number of aromatic nitrogens is 5. The first kappa shape index (κ1) is 11.6. The van der Waals surface area contributed by atoms with Crippen LogP contribution in [0.4, 0.5) is 0 Å². The topological polar surface area (TPSA) is 117 Å². The highest BCUT2D eigenvalue weighted by atomic mass is 32.2. The van der Waals surface area contributed by atoms with Crippen molar-refractivity contribution in [2.75, 3.05) is 0 Å². The van der Waals surface area contributed by atoms with Crippen LogP contribution in [0, 0.1) is 5.41 Å². The molecule has 4 N–H and O–H groups in total. The van der Waals surface area contributed by atoms with Gasteiger partial charge in [-0.1, -0.05) is 11.8 Å². The number of aromatic amines is 1. The molecule has 94 valence electrons. The van der Waals surface area contributed by atoms with E-state index in [0.29, 0.717) is 11.3 Å². The van der Waals surface area contributed by atoms with Crippen LogP contribution in [0.5, 0.6) is 0 Å². The number of pyridine rings is 1. The van der Waals surface area contributed by atoms with Gasteiger partial charge in [-0.3, -0.25) is 10.4 Å². The van der Waals surface area contributed by atoms with Crippen LogP contribution in [-0.2, 0) is 0 Å². The molecule has 0 radical (unpaired) electrons. The van der Waals surface area contributed by atoms with Gasteiger partial charge in [0.2, 0.25) is 0 Å². The Labute approximate surface area is 112 Å². The number of H-pyrrole nitrogens is 1. The predicted molar refractivity (Wildman–Crippen MR) is 71.1 cm³/mol. The maximum Gasteiger partial charge on any atom is 0.181 e. The number of nitrogens with one attached hydrogen (secondary N) is 2. The van der Waals surface area contributed by atoms with Crippen LogP contribution in [0.3, 0.4) is 0 Å². The average Bonchev–Trinajstić information content (AvgIpc) is 2.89. The van der Waals surface area contributed by atoms with E-state index in [2.05, 4.69) is 24.9 Å². The fourth-order valence-corrected chi connectivity index (χ4v) is 2.35. The van der Waals surface area contributed by atoms with Crippen LogP contribution in [-0.4, -0.2) is 30.8 Å². The minimum atomic E-state index is -0.0467. The van der Waals surface area contributed by atoms with Crippen molar-refractivity contribution in [3.8, 4) is 0 Å². The van der Waals surface area contributed by atoms with Gasteiger partial charge in [-0.15, -0.1) is 0 Å². The molecular formula is C11H9N7S. The van der Waals surface area contributed by atoms with Gasteiger partial charge >= 0.3 is 0 Å². The summed E-state index contributed by atoms with van der Waals surface area (Å²) in [6.45, 7) is 0. The highest BCUT2D eigenvalue weighted by molar-refractivity contribution is 7.99. The van der Waals surface area contributed by atoms with Gasteiger partial charge in [-0.25, -0.2) is 15.0 Å². The Hall–Kier alpha value is -2.48. The number of fused-ring (bicyclic) bond motifs is 1. The monoisotopic (exact) mass is 271 g/mol. The molecule has 0 amide bonds. The van der Waals surface area contributed by atoms with E-state index in [-0.39, 0.29) is 5.84 Å². The molecule has 0 spiro atoms. The lowest BCUT2D eigenvalue weighted by molar-refractivity contribution is 1.08. The van der Waals surface area contributed by atoms with Gasteiger partial charge < -0.3 is 10.7 Å². The summed E-state index contributed by atoms with van der Waals surface area (Å²) in [6.07, 6.45) is 4.72. The number of nitrogen functional groups attached to an aromatic ring is 1. The maximum atomic E-state index is 7.29. The zero-order valence-electron chi connectivity index (χ0n) is 9.66. The molecule has 0 bridgehead atoms. The SMILES string of the molecule is N=C(N)c1ccc(Sc2ncnc3nc[nH]c23)cn1. The van der Waals surface area contributed by atoms with Crippen LogP contribution < -0.4 is 5.73 Å². The molecule has 0 saturated carbocycles. The molecule has 3 aromatic heterocycles. The first-order chi connectivity index (χ1) is 9.24. The summed E-state index contributed by atoms with van der Waals surface area (Å²) < 4.78 is 0. The first-order valence-corrected chi connectivity index (χ1v) is 6.18. The van der Waals surface area contributed by atoms with Crippen molar-refractivity contribution in [1.29, 1.82) is 5.41 Å². The third kappa shape index (κ3) is 2.25. The zero-order valence-corrected chi connectivity index (χ0v) is 10.5. The summed E-state index contributed by atoms with van der Waals surface area (Å²) >= 11 is 1.45. The summed E-state index contributed by atoms with van der Waals surface area (Å²) in [5, 5.41) is 8.07. The number of hydrogen-bond acceptors (Lipinski definition) is 6. The Bertz CT molecular complexity index is 734. The molecule has 3 heterocycles. The molecule has 8 heteroatoms. The Morgan fingerprint density at radius 2 is 2.11 bits per heavy atom. The lowest BCUT2D eigenvalue weighted by Crippen LogP contribution is -2.12. The van der Waals surface area contributed by atoms with E-state index in [4.69, 9.17) is 11.1 Å². The average molecular weight is 271 g/mol. The molecule has 0 aromatic carbocycles. The van der Waals surface area contributed by atoms with Crippen molar-refractivity contribution in [2.24, 2.45) is 5.73 Å². The first-order valence-electron chi connectivity index (χ1n) is 5.36. The zero-order chi connectivity index (χ0) is 13.2. The fraction of sp³-hybridized carbons (Fsp3) is 0. The minimum Gasteiger partial charge on any atom is -0.382 e. The van der Waals surface area contributed by atoms with E-state index in [1.807, 2.05) is 6.07 Å². The number of hydrogen-bond donors (Lipinski definition) is 3. The van der Waals surface area contributed by atoms with Crippen LogP contribution in [0.25, 0.3) is 11.2 Å². The maximum absolute atomic E-state index is 7.29.